The van der Waals surface area contributed by atoms with Crippen LogP contribution in [0.25, 0.3) is 0 Å². The van der Waals surface area contributed by atoms with Crippen LogP contribution in [-0.4, -0.2) is 11.6 Å². The van der Waals surface area contributed by atoms with Gasteiger partial charge in [0.2, 0.25) is 0 Å². The average Bonchev–Trinajstić information content (AvgIpc) is 2.50. The van der Waals surface area contributed by atoms with Gasteiger partial charge in [-0.3, -0.25) is 4.79 Å². The number of carbonyl (C=O) groups is 1. The van der Waals surface area contributed by atoms with Crippen LogP contribution in [0.3, 0.4) is 0 Å². The number of Topliss-reactive ketones (excluding diaryl/α,β-unsaturated/α-hetero) is 1. The summed E-state index contributed by atoms with van der Waals surface area (Å²) >= 11 is 0. The summed E-state index contributed by atoms with van der Waals surface area (Å²) in [6.07, 6.45) is 2.91. The number of fused-ring (bicyclic) bond motifs is 1. The Morgan fingerprint density at radius 2 is 2.12 bits per heavy atom. The SMILES string of the molecule is C=C(NC1=Nc2ccccc2CCC1)C(C)=O. The molecule has 0 spiro atoms. The molecule has 2 rings (SSSR count). The molecule has 0 saturated heterocycles. The van der Waals surface area contributed by atoms with Crippen LogP contribution in [0.15, 0.2) is 41.5 Å². The Morgan fingerprint density at radius 3 is 2.88 bits per heavy atom. The molecule has 0 aliphatic carbocycles. The van der Waals surface area contributed by atoms with E-state index < -0.39 is 0 Å². The number of para-hydroxylation sites is 1. The summed E-state index contributed by atoms with van der Waals surface area (Å²) in [6, 6.07) is 8.10. The maximum absolute atomic E-state index is 11.1. The van der Waals surface area contributed by atoms with Crippen molar-refractivity contribution in [2.24, 2.45) is 4.99 Å². The molecule has 1 aliphatic rings. The Morgan fingerprint density at radius 1 is 1.35 bits per heavy atom. The molecule has 0 bridgehead atoms. The van der Waals surface area contributed by atoms with Crippen LogP contribution in [0.2, 0.25) is 0 Å². The Balaban J connectivity index is 2.22. The second-order valence-corrected chi connectivity index (χ2v) is 4.20. The number of amidine groups is 1. The maximum Gasteiger partial charge on any atom is 0.175 e. The van der Waals surface area contributed by atoms with Gasteiger partial charge < -0.3 is 5.32 Å². The molecule has 0 amide bonds. The zero-order valence-electron chi connectivity index (χ0n) is 9.99. The molecule has 0 radical (unpaired) electrons. The van der Waals surface area contributed by atoms with Crippen LogP contribution in [0.4, 0.5) is 5.69 Å². The van der Waals surface area contributed by atoms with E-state index >= 15 is 0 Å². The van der Waals surface area contributed by atoms with Crippen molar-refractivity contribution in [1.29, 1.82) is 0 Å². The van der Waals surface area contributed by atoms with Crippen molar-refractivity contribution in [1.82, 2.24) is 5.32 Å². The molecular formula is C14H16N2O. The van der Waals surface area contributed by atoms with Gasteiger partial charge in [0.25, 0.3) is 0 Å². The van der Waals surface area contributed by atoms with Gasteiger partial charge in [-0.05, 0) is 24.5 Å². The highest BCUT2D eigenvalue weighted by Crippen LogP contribution is 2.24. The van der Waals surface area contributed by atoms with Crippen LogP contribution in [-0.2, 0) is 11.2 Å². The van der Waals surface area contributed by atoms with Gasteiger partial charge in [-0.15, -0.1) is 0 Å². The lowest BCUT2D eigenvalue weighted by Gasteiger charge is -2.08. The summed E-state index contributed by atoms with van der Waals surface area (Å²) in [6.45, 7) is 5.19. The first kappa shape index (κ1) is 11.6. The molecule has 88 valence electrons. The van der Waals surface area contributed by atoms with Gasteiger partial charge in [-0.2, -0.15) is 0 Å². The third kappa shape index (κ3) is 2.81. The molecule has 3 heteroatoms. The molecule has 1 aliphatic heterocycles. The zero-order chi connectivity index (χ0) is 12.3. The summed E-state index contributed by atoms with van der Waals surface area (Å²) in [5.74, 6) is 0.778. The Kier molecular flexibility index (Phi) is 3.38. The second kappa shape index (κ2) is 4.95. The van der Waals surface area contributed by atoms with Crippen molar-refractivity contribution >= 4 is 17.3 Å². The first-order valence-electron chi connectivity index (χ1n) is 5.79. The van der Waals surface area contributed by atoms with E-state index in [1.165, 1.54) is 12.5 Å². The molecule has 0 unspecified atom stereocenters. The van der Waals surface area contributed by atoms with Crippen molar-refractivity contribution in [2.75, 3.05) is 0 Å². The largest absolute Gasteiger partial charge is 0.341 e. The van der Waals surface area contributed by atoms with E-state index in [1.54, 1.807) is 0 Å². The first-order valence-corrected chi connectivity index (χ1v) is 5.79. The monoisotopic (exact) mass is 228 g/mol. The highest BCUT2D eigenvalue weighted by atomic mass is 16.1. The van der Waals surface area contributed by atoms with E-state index in [9.17, 15) is 4.79 Å². The van der Waals surface area contributed by atoms with Crippen LogP contribution >= 0.6 is 0 Å². The van der Waals surface area contributed by atoms with E-state index in [2.05, 4.69) is 23.0 Å². The number of aliphatic imine (C=N–C) groups is 1. The standard InChI is InChI=1S/C14H16N2O/c1-10(11(2)17)15-14-9-5-7-12-6-3-4-8-13(12)16-14/h3-4,6,8H,1,5,7,9H2,2H3,(H,15,16). The number of allylic oxidation sites excluding steroid dienone is 1. The summed E-state index contributed by atoms with van der Waals surface area (Å²) < 4.78 is 0. The molecular weight excluding hydrogens is 212 g/mol. The first-order chi connectivity index (χ1) is 8.16. The third-order valence-electron chi connectivity index (χ3n) is 2.83. The fourth-order valence-electron chi connectivity index (χ4n) is 1.83. The van der Waals surface area contributed by atoms with Crippen molar-refractivity contribution in [3.63, 3.8) is 0 Å². The number of hydrogen-bond acceptors (Lipinski definition) is 3. The lowest BCUT2D eigenvalue weighted by Crippen LogP contribution is -2.25. The predicted octanol–water partition coefficient (Wildman–Crippen LogP) is 2.75. The van der Waals surface area contributed by atoms with Gasteiger partial charge in [-0.25, -0.2) is 4.99 Å². The second-order valence-electron chi connectivity index (χ2n) is 4.20. The smallest absolute Gasteiger partial charge is 0.175 e. The number of aryl methyl sites for hydroxylation is 1. The lowest BCUT2D eigenvalue weighted by molar-refractivity contribution is -0.113. The van der Waals surface area contributed by atoms with E-state index in [0.29, 0.717) is 5.70 Å². The molecule has 1 heterocycles. The van der Waals surface area contributed by atoms with Crippen LogP contribution < -0.4 is 5.32 Å². The molecule has 0 atom stereocenters. The van der Waals surface area contributed by atoms with E-state index in [0.717, 1.165) is 30.8 Å². The summed E-state index contributed by atoms with van der Waals surface area (Å²) in [5, 5.41) is 3.01. The molecule has 1 aromatic carbocycles. The topological polar surface area (TPSA) is 41.5 Å². The van der Waals surface area contributed by atoms with Gasteiger partial charge in [0.1, 0.15) is 5.84 Å². The number of benzene rings is 1. The lowest BCUT2D eigenvalue weighted by atomic mass is 10.1. The maximum atomic E-state index is 11.1. The van der Waals surface area contributed by atoms with Crippen LogP contribution in [0, 0.1) is 0 Å². The minimum Gasteiger partial charge on any atom is -0.341 e. The number of nitrogens with zero attached hydrogens (tertiary/aromatic N) is 1. The normalized spacial score (nSPS) is 14.3. The molecule has 3 nitrogen and oxygen atoms in total. The molecule has 0 saturated carbocycles. The highest BCUT2D eigenvalue weighted by Gasteiger charge is 2.11. The number of hydrogen-bond donors (Lipinski definition) is 1. The molecule has 1 aromatic rings. The van der Waals surface area contributed by atoms with Crippen LogP contribution in [0.5, 0.6) is 0 Å². The highest BCUT2D eigenvalue weighted by molar-refractivity contribution is 5.98. The molecule has 17 heavy (non-hydrogen) atoms. The summed E-state index contributed by atoms with van der Waals surface area (Å²) in [7, 11) is 0. The van der Waals surface area contributed by atoms with Crippen molar-refractivity contribution in [2.45, 2.75) is 26.2 Å². The Bertz CT molecular complexity index is 489. The van der Waals surface area contributed by atoms with E-state index in [4.69, 9.17) is 0 Å². The number of rotatable bonds is 2. The fourth-order valence-corrected chi connectivity index (χ4v) is 1.83. The predicted molar refractivity (Wildman–Crippen MR) is 69.4 cm³/mol. The fraction of sp³-hybridized carbons (Fsp3) is 0.286. The van der Waals surface area contributed by atoms with Gasteiger partial charge in [0.05, 0.1) is 11.4 Å². The number of ketones is 1. The van der Waals surface area contributed by atoms with Crippen molar-refractivity contribution in [3.05, 3.63) is 42.1 Å². The average molecular weight is 228 g/mol. The van der Waals surface area contributed by atoms with Gasteiger partial charge in [0, 0.05) is 13.3 Å². The van der Waals surface area contributed by atoms with Crippen molar-refractivity contribution < 1.29 is 4.79 Å². The Hall–Kier alpha value is -1.90. The molecule has 1 N–H and O–H groups in total. The van der Waals surface area contributed by atoms with Gasteiger partial charge in [0.15, 0.2) is 5.78 Å². The zero-order valence-corrected chi connectivity index (χ0v) is 9.99. The minimum absolute atomic E-state index is 0.0507. The third-order valence-corrected chi connectivity index (χ3v) is 2.83. The number of nitrogens with one attached hydrogen (secondary N) is 1. The van der Waals surface area contributed by atoms with Crippen molar-refractivity contribution in [3.8, 4) is 0 Å². The number of carbonyl (C=O) groups excluding carboxylic acids is 1. The quantitative estimate of drug-likeness (QED) is 0.791. The van der Waals surface area contributed by atoms with E-state index in [-0.39, 0.29) is 5.78 Å². The van der Waals surface area contributed by atoms with Crippen LogP contribution in [0.1, 0.15) is 25.3 Å². The van der Waals surface area contributed by atoms with Gasteiger partial charge >= 0.3 is 0 Å². The minimum atomic E-state index is -0.0507. The molecule has 0 aromatic heterocycles. The summed E-state index contributed by atoms with van der Waals surface area (Å²) in [5.41, 5.74) is 2.66. The van der Waals surface area contributed by atoms with E-state index in [1.807, 2.05) is 18.2 Å². The molecule has 0 fully saturated rings. The Labute approximate surface area is 101 Å². The van der Waals surface area contributed by atoms with Gasteiger partial charge in [-0.1, -0.05) is 24.8 Å². The summed E-state index contributed by atoms with van der Waals surface area (Å²) in [4.78, 5) is 15.7.